The highest BCUT2D eigenvalue weighted by Crippen LogP contribution is 2.29. The fraction of sp³-hybridized carbons (Fsp3) is 0.529. The summed E-state index contributed by atoms with van der Waals surface area (Å²) in [5, 5.41) is 12.9. The highest BCUT2D eigenvalue weighted by atomic mass is 35.5. The molecule has 0 bridgehead atoms. The first kappa shape index (κ1) is 18.9. The zero-order chi connectivity index (χ0) is 17.9. The van der Waals surface area contributed by atoms with E-state index in [0.717, 1.165) is 5.56 Å². The summed E-state index contributed by atoms with van der Waals surface area (Å²) in [6, 6.07) is 5.30. The monoisotopic (exact) mass is 372 g/mol. The molecule has 1 aliphatic rings. The van der Waals surface area contributed by atoms with Gasteiger partial charge < -0.3 is 15.3 Å². The van der Waals surface area contributed by atoms with E-state index in [1.807, 2.05) is 26.0 Å². The number of carbonyl (C=O) groups is 2. The van der Waals surface area contributed by atoms with Gasteiger partial charge in [-0.1, -0.05) is 43.1 Å². The second-order valence-corrected chi connectivity index (χ2v) is 7.59. The van der Waals surface area contributed by atoms with Gasteiger partial charge in [-0.05, 0) is 30.5 Å². The molecule has 2 N–H and O–H groups in total. The first-order chi connectivity index (χ1) is 11.2. The van der Waals surface area contributed by atoms with Crippen molar-refractivity contribution in [3.8, 4) is 0 Å². The first-order valence-corrected chi connectivity index (χ1v) is 8.67. The van der Waals surface area contributed by atoms with E-state index in [-0.39, 0.29) is 17.4 Å². The van der Waals surface area contributed by atoms with Crippen LogP contribution in [0.1, 0.15) is 32.3 Å². The molecule has 132 valence electrons. The molecule has 1 heterocycles. The summed E-state index contributed by atoms with van der Waals surface area (Å²) in [6.45, 7) is 5.42. The Labute approximate surface area is 151 Å². The molecule has 1 aromatic rings. The number of likely N-dealkylation sites (tertiary alicyclic amines) is 1. The third kappa shape index (κ3) is 4.54. The Hall–Kier alpha value is -1.46. The maximum atomic E-state index is 12.3. The SMILES string of the molecule is CC(C)(CNC(=O)N1CCC(C(=O)O)CC1)c1ccc(Cl)c(Cl)c1. The van der Waals surface area contributed by atoms with Gasteiger partial charge in [0.05, 0.1) is 16.0 Å². The Bertz CT molecular complexity index is 626. The second kappa shape index (κ2) is 7.62. The lowest BCUT2D eigenvalue weighted by Crippen LogP contribution is -2.48. The van der Waals surface area contributed by atoms with Gasteiger partial charge in [-0.2, -0.15) is 0 Å². The summed E-state index contributed by atoms with van der Waals surface area (Å²) >= 11 is 12.0. The number of benzene rings is 1. The lowest BCUT2D eigenvalue weighted by molar-refractivity contribution is -0.143. The van der Waals surface area contributed by atoms with Crippen LogP contribution < -0.4 is 5.32 Å². The highest BCUT2D eigenvalue weighted by molar-refractivity contribution is 6.42. The Kier molecular flexibility index (Phi) is 5.99. The molecule has 0 aromatic heterocycles. The van der Waals surface area contributed by atoms with Crippen molar-refractivity contribution >= 4 is 35.2 Å². The normalized spacial score (nSPS) is 16.1. The van der Waals surface area contributed by atoms with Crippen molar-refractivity contribution in [1.82, 2.24) is 10.2 Å². The predicted molar refractivity (Wildman–Crippen MR) is 94.8 cm³/mol. The molecule has 0 atom stereocenters. The van der Waals surface area contributed by atoms with Gasteiger partial charge in [-0.3, -0.25) is 4.79 Å². The lowest BCUT2D eigenvalue weighted by atomic mass is 9.84. The molecule has 5 nitrogen and oxygen atoms in total. The number of carboxylic acid groups (broad SMARTS) is 1. The van der Waals surface area contributed by atoms with Crippen LogP contribution in [0, 0.1) is 5.92 Å². The number of piperidine rings is 1. The van der Waals surface area contributed by atoms with Gasteiger partial charge in [0.25, 0.3) is 0 Å². The molecular formula is C17H22Cl2N2O3. The summed E-state index contributed by atoms with van der Waals surface area (Å²) < 4.78 is 0. The molecular weight excluding hydrogens is 351 g/mol. The Balaban J connectivity index is 1.91. The summed E-state index contributed by atoms with van der Waals surface area (Å²) in [4.78, 5) is 24.9. The van der Waals surface area contributed by atoms with Crippen LogP contribution in [0.15, 0.2) is 18.2 Å². The number of carbonyl (C=O) groups excluding carboxylic acids is 1. The molecule has 24 heavy (non-hydrogen) atoms. The van der Waals surface area contributed by atoms with Gasteiger partial charge in [0.15, 0.2) is 0 Å². The molecule has 0 aliphatic carbocycles. The summed E-state index contributed by atoms with van der Waals surface area (Å²) in [5.41, 5.74) is 0.685. The molecule has 1 fully saturated rings. The van der Waals surface area contributed by atoms with E-state index in [1.54, 1.807) is 11.0 Å². The van der Waals surface area contributed by atoms with E-state index >= 15 is 0 Å². The van der Waals surface area contributed by atoms with Crippen molar-refractivity contribution in [2.75, 3.05) is 19.6 Å². The third-order valence-corrected chi connectivity index (χ3v) is 5.25. The molecule has 0 unspecified atom stereocenters. The second-order valence-electron chi connectivity index (χ2n) is 6.77. The number of urea groups is 1. The van der Waals surface area contributed by atoms with E-state index in [2.05, 4.69) is 5.32 Å². The van der Waals surface area contributed by atoms with Crippen LogP contribution in [-0.4, -0.2) is 41.6 Å². The Morgan fingerprint density at radius 1 is 1.25 bits per heavy atom. The number of nitrogens with zero attached hydrogens (tertiary/aromatic N) is 1. The van der Waals surface area contributed by atoms with Crippen molar-refractivity contribution in [2.24, 2.45) is 5.92 Å². The van der Waals surface area contributed by atoms with Crippen LogP contribution >= 0.6 is 23.2 Å². The van der Waals surface area contributed by atoms with Crippen LogP contribution in [0.2, 0.25) is 10.0 Å². The van der Waals surface area contributed by atoms with Gasteiger partial charge in [0, 0.05) is 25.0 Å². The van der Waals surface area contributed by atoms with Crippen molar-refractivity contribution < 1.29 is 14.7 Å². The molecule has 1 aromatic carbocycles. The molecule has 1 aliphatic heterocycles. The Morgan fingerprint density at radius 2 is 1.88 bits per heavy atom. The van der Waals surface area contributed by atoms with Crippen molar-refractivity contribution in [3.63, 3.8) is 0 Å². The fourth-order valence-electron chi connectivity index (χ4n) is 2.76. The predicted octanol–water partition coefficient (Wildman–Crippen LogP) is 3.78. The van der Waals surface area contributed by atoms with E-state index in [1.165, 1.54) is 0 Å². The van der Waals surface area contributed by atoms with E-state index in [4.69, 9.17) is 28.3 Å². The largest absolute Gasteiger partial charge is 0.481 e. The summed E-state index contributed by atoms with van der Waals surface area (Å²) in [7, 11) is 0. The quantitative estimate of drug-likeness (QED) is 0.844. The van der Waals surface area contributed by atoms with Crippen LogP contribution in [0.5, 0.6) is 0 Å². The average Bonchev–Trinajstić information content (AvgIpc) is 2.55. The molecule has 0 radical (unpaired) electrons. The topological polar surface area (TPSA) is 69.6 Å². The molecule has 0 saturated carbocycles. The molecule has 0 spiro atoms. The van der Waals surface area contributed by atoms with Crippen LogP contribution in [0.25, 0.3) is 0 Å². The number of aliphatic carboxylic acids is 1. The van der Waals surface area contributed by atoms with Crippen LogP contribution in [0.4, 0.5) is 4.79 Å². The molecule has 1 saturated heterocycles. The van der Waals surface area contributed by atoms with Gasteiger partial charge >= 0.3 is 12.0 Å². The summed E-state index contributed by atoms with van der Waals surface area (Å²) in [5.74, 6) is -1.13. The number of hydrogen-bond acceptors (Lipinski definition) is 2. The van der Waals surface area contributed by atoms with Gasteiger partial charge in [0.1, 0.15) is 0 Å². The third-order valence-electron chi connectivity index (χ3n) is 4.51. The summed E-state index contributed by atoms with van der Waals surface area (Å²) in [6.07, 6.45) is 0.998. The minimum absolute atomic E-state index is 0.160. The standard InChI is InChI=1S/C17H22Cl2N2O3/c1-17(2,12-3-4-13(18)14(19)9-12)10-20-16(24)21-7-5-11(6-8-21)15(22)23/h3-4,9,11H,5-8,10H2,1-2H3,(H,20,24)(H,22,23). The zero-order valence-corrected chi connectivity index (χ0v) is 15.3. The maximum absolute atomic E-state index is 12.3. The van der Waals surface area contributed by atoms with Gasteiger partial charge in [-0.25, -0.2) is 4.79 Å². The van der Waals surface area contributed by atoms with Crippen LogP contribution in [-0.2, 0) is 10.2 Å². The number of halogens is 2. The molecule has 7 heteroatoms. The van der Waals surface area contributed by atoms with Crippen molar-refractivity contribution in [3.05, 3.63) is 33.8 Å². The van der Waals surface area contributed by atoms with Gasteiger partial charge in [-0.15, -0.1) is 0 Å². The number of hydrogen-bond donors (Lipinski definition) is 2. The average molecular weight is 373 g/mol. The van der Waals surface area contributed by atoms with E-state index in [0.29, 0.717) is 42.5 Å². The molecule has 2 rings (SSSR count). The number of carboxylic acids is 1. The highest BCUT2D eigenvalue weighted by Gasteiger charge is 2.28. The molecule has 2 amide bonds. The Morgan fingerprint density at radius 3 is 2.42 bits per heavy atom. The lowest BCUT2D eigenvalue weighted by Gasteiger charge is -2.32. The maximum Gasteiger partial charge on any atom is 0.317 e. The van der Waals surface area contributed by atoms with Crippen molar-refractivity contribution in [1.29, 1.82) is 0 Å². The minimum Gasteiger partial charge on any atom is -0.481 e. The minimum atomic E-state index is -0.782. The van der Waals surface area contributed by atoms with Crippen LogP contribution in [0.3, 0.4) is 0 Å². The number of amides is 2. The number of nitrogens with one attached hydrogen (secondary N) is 1. The van der Waals surface area contributed by atoms with Crippen molar-refractivity contribution in [2.45, 2.75) is 32.1 Å². The van der Waals surface area contributed by atoms with Gasteiger partial charge in [0.2, 0.25) is 0 Å². The fourth-order valence-corrected chi connectivity index (χ4v) is 3.06. The van der Waals surface area contributed by atoms with E-state index in [9.17, 15) is 9.59 Å². The zero-order valence-electron chi connectivity index (χ0n) is 13.8. The smallest absolute Gasteiger partial charge is 0.317 e. The van der Waals surface area contributed by atoms with E-state index < -0.39 is 5.97 Å². The number of rotatable bonds is 4. The first-order valence-electron chi connectivity index (χ1n) is 7.92.